The molecular formula is C9H9N3OS. The van der Waals surface area contributed by atoms with Crippen molar-refractivity contribution in [1.82, 2.24) is 4.98 Å². The number of anilines is 1. The van der Waals surface area contributed by atoms with Gasteiger partial charge in [0.15, 0.2) is 5.13 Å². The van der Waals surface area contributed by atoms with E-state index in [9.17, 15) is 0 Å². The van der Waals surface area contributed by atoms with Gasteiger partial charge in [-0.1, -0.05) is 0 Å². The number of nitrogens with one attached hydrogen (secondary N) is 1. The third-order valence-corrected chi connectivity index (χ3v) is 2.56. The summed E-state index contributed by atoms with van der Waals surface area (Å²) in [6, 6.07) is 6.88. The third-order valence-electron chi connectivity index (χ3n) is 1.79. The molecule has 0 aliphatic rings. The molecule has 1 heterocycles. The van der Waals surface area contributed by atoms with E-state index >= 15 is 0 Å². The first-order valence-corrected chi connectivity index (χ1v) is 4.89. The van der Waals surface area contributed by atoms with Crippen LogP contribution < -0.4 is 11.3 Å². The molecular weight excluding hydrogens is 198 g/mol. The second-order valence-electron chi connectivity index (χ2n) is 2.73. The number of nitrogen functional groups attached to an aromatic ring is 1. The maximum atomic E-state index is 9.10. The maximum Gasteiger partial charge on any atom is 0.197 e. The molecule has 2 aromatic rings. The predicted octanol–water partition coefficient (Wildman–Crippen LogP) is 1.80. The van der Waals surface area contributed by atoms with E-state index in [4.69, 9.17) is 10.9 Å². The van der Waals surface area contributed by atoms with E-state index in [1.165, 1.54) is 11.3 Å². The first-order chi connectivity index (χ1) is 6.79. The Morgan fingerprint density at radius 2 is 2.00 bits per heavy atom. The summed E-state index contributed by atoms with van der Waals surface area (Å²) >= 11 is 1.44. The molecule has 1 aromatic carbocycles. The Kier molecular flexibility index (Phi) is 2.34. The number of aromatic nitrogens is 1. The summed E-state index contributed by atoms with van der Waals surface area (Å²) in [4.78, 5) is 4.23. The summed E-state index contributed by atoms with van der Waals surface area (Å²) in [5.41, 5.74) is 4.30. The van der Waals surface area contributed by atoms with Gasteiger partial charge in [-0.3, -0.25) is 5.43 Å². The van der Waals surface area contributed by atoms with Crippen molar-refractivity contribution in [2.24, 2.45) is 5.84 Å². The van der Waals surface area contributed by atoms with Gasteiger partial charge < -0.3 is 5.11 Å². The van der Waals surface area contributed by atoms with Crippen molar-refractivity contribution in [3.8, 4) is 17.0 Å². The molecule has 5 heteroatoms. The lowest BCUT2D eigenvalue weighted by molar-refractivity contribution is 0.475. The van der Waals surface area contributed by atoms with Gasteiger partial charge in [-0.2, -0.15) is 0 Å². The van der Waals surface area contributed by atoms with Crippen molar-refractivity contribution in [3.63, 3.8) is 0 Å². The van der Waals surface area contributed by atoms with Gasteiger partial charge in [-0.15, -0.1) is 11.3 Å². The third kappa shape index (κ3) is 1.68. The second-order valence-corrected chi connectivity index (χ2v) is 3.59. The average Bonchev–Trinajstić information content (AvgIpc) is 2.67. The highest BCUT2D eigenvalue weighted by Gasteiger charge is 2.02. The Labute approximate surface area is 85.0 Å². The molecule has 0 atom stereocenters. The number of hydrazine groups is 1. The van der Waals surface area contributed by atoms with E-state index in [1.54, 1.807) is 12.1 Å². The minimum absolute atomic E-state index is 0.251. The molecule has 0 bridgehead atoms. The van der Waals surface area contributed by atoms with Crippen LogP contribution in [-0.4, -0.2) is 10.1 Å². The van der Waals surface area contributed by atoms with Gasteiger partial charge in [-0.05, 0) is 24.3 Å². The molecule has 0 radical (unpaired) electrons. The Morgan fingerprint density at radius 3 is 2.57 bits per heavy atom. The van der Waals surface area contributed by atoms with E-state index in [2.05, 4.69) is 10.4 Å². The number of thiazole rings is 1. The lowest BCUT2D eigenvalue weighted by Crippen LogP contribution is -2.05. The molecule has 0 saturated carbocycles. The van der Waals surface area contributed by atoms with Gasteiger partial charge in [0.1, 0.15) is 5.75 Å². The topological polar surface area (TPSA) is 71.2 Å². The minimum Gasteiger partial charge on any atom is -0.508 e. The van der Waals surface area contributed by atoms with Crippen LogP contribution in [0.1, 0.15) is 0 Å². The van der Waals surface area contributed by atoms with E-state index in [0.29, 0.717) is 5.13 Å². The molecule has 1 aromatic heterocycles. The molecule has 4 nitrogen and oxygen atoms in total. The first kappa shape index (κ1) is 8.98. The fraction of sp³-hybridized carbons (Fsp3) is 0. The van der Waals surface area contributed by atoms with E-state index < -0.39 is 0 Å². The summed E-state index contributed by atoms with van der Waals surface area (Å²) in [5, 5.41) is 11.7. The highest BCUT2D eigenvalue weighted by Crippen LogP contribution is 2.25. The zero-order valence-electron chi connectivity index (χ0n) is 7.27. The monoisotopic (exact) mass is 207 g/mol. The molecule has 0 fully saturated rings. The largest absolute Gasteiger partial charge is 0.508 e. The van der Waals surface area contributed by atoms with Gasteiger partial charge in [0, 0.05) is 10.9 Å². The zero-order valence-corrected chi connectivity index (χ0v) is 8.08. The standard InChI is InChI=1S/C9H9N3OS/c10-12-9-11-8(5-14-9)6-1-3-7(13)4-2-6/h1-5,13H,10H2,(H,11,12). The van der Waals surface area contributed by atoms with Crippen LogP contribution in [0.3, 0.4) is 0 Å². The van der Waals surface area contributed by atoms with Crippen LogP contribution in [0, 0.1) is 0 Å². The number of benzene rings is 1. The number of hydrogen-bond donors (Lipinski definition) is 3. The highest BCUT2D eigenvalue weighted by atomic mass is 32.1. The van der Waals surface area contributed by atoms with Gasteiger partial charge >= 0.3 is 0 Å². The number of phenolic OH excluding ortho intramolecular Hbond substituents is 1. The Hall–Kier alpha value is -1.59. The Balaban J connectivity index is 2.34. The fourth-order valence-corrected chi connectivity index (χ4v) is 1.74. The molecule has 2 rings (SSSR count). The average molecular weight is 207 g/mol. The quantitative estimate of drug-likeness (QED) is 0.518. The van der Waals surface area contributed by atoms with Crippen LogP contribution in [0.15, 0.2) is 29.6 Å². The molecule has 0 spiro atoms. The number of phenols is 1. The van der Waals surface area contributed by atoms with Crippen LogP contribution in [0.5, 0.6) is 5.75 Å². The number of hydrogen-bond acceptors (Lipinski definition) is 5. The first-order valence-electron chi connectivity index (χ1n) is 4.01. The number of nitrogens with two attached hydrogens (primary N) is 1. The number of nitrogens with zero attached hydrogens (tertiary/aromatic N) is 1. The maximum absolute atomic E-state index is 9.10. The predicted molar refractivity (Wildman–Crippen MR) is 57.0 cm³/mol. The lowest BCUT2D eigenvalue weighted by Gasteiger charge is -1.96. The summed E-state index contributed by atoms with van der Waals surface area (Å²) < 4.78 is 0. The summed E-state index contributed by atoms with van der Waals surface area (Å²) in [5.74, 6) is 5.47. The van der Waals surface area contributed by atoms with Crippen molar-refractivity contribution < 1.29 is 5.11 Å². The second kappa shape index (κ2) is 3.65. The van der Waals surface area contributed by atoms with Crippen molar-refractivity contribution >= 4 is 16.5 Å². The number of aromatic hydroxyl groups is 1. The van der Waals surface area contributed by atoms with Crippen LogP contribution in [0.2, 0.25) is 0 Å². The molecule has 72 valence electrons. The van der Waals surface area contributed by atoms with Gasteiger partial charge in [-0.25, -0.2) is 10.8 Å². The molecule has 14 heavy (non-hydrogen) atoms. The summed E-state index contributed by atoms with van der Waals surface area (Å²) in [6.07, 6.45) is 0. The van der Waals surface area contributed by atoms with Crippen LogP contribution in [0.25, 0.3) is 11.3 Å². The van der Waals surface area contributed by atoms with Crippen LogP contribution in [0.4, 0.5) is 5.13 Å². The summed E-state index contributed by atoms with van der Waals surface area (Å²) in [7, 11) is 0. The normalized spacial score (nSPS) is 10.1. The minimum atomic E-state index is 0.251. The van der Waals surface area contributed by atoms with Crippen LogP contribution >= 0.6 is 11.3 Å². The van der Waals surface area contributed by atoms with Crippen molar-refractivity contribution in [2.45, 2.75) is 0 Å². The SMILES string of the molecule is NNc1nc(-c2ccc(O)cc2)cs1. The molecule has 0 aliphatic carbocycles. The van der Waals surface area contributed by atoms with E-state index in [1.807, 2.05) is 17.5 Å². The Morgan fingerprint density at radius 1 is 1.29 bits per heavy atom. The molecule has 0 unspecified atom stereocenters. The van der Waals surface area contributed by atoms with E-state index in [-0.39, 0.29) is 5.75 Å². The molecule has 0 saturated heterocycles. The Bertz CT molecular complexity index is 424. The zero-order chi connectivity index (χ0) is 9.97. The van der Waals surface area contributed by atoms with Crippen LogP contribution in [-0.2, 0) is 0 Å². The lowest BCUT2D eigenvalue weighted by atomic mass is 10.2. The van der Waals surface area contributed by atoms with E-state index in [0.717, 1.165) is 11.3 Å². The van der Waals surface area contributed by atoms with Crippen molar-refractivity contribution in [2.75, 3.05) is 5.43 Å². The summed E-state index contributed by atoms with van der Waals surface area (Å²) in [6.45, 7) is 0. The molecule has 0 aliphatic heterocycles. The van der Waals surface area contributed by atoms with Crippen molar-refractivity contribution in [1.29, 1.82) is 0 Å². The number of rotatable bonds is 2. The molecule has 0 amide bonds. The van der Waals surface area contributed by atoms with Gasteiger partial charge in [0.25, 0.3) is 0 Å². The molecule has 4 N–H and O–H groups in total. The fourth-order valence-electron chi connectivity index (χ4n) is 1.10. The van der Waals surface area contributed by atoms with Gasteiger partial charge in [0.05, 0.1) is 5.69 Å². The van der Waals surface area contributed by atoms with Gasteiger partial charge in [0.2, 0.25) is 0 Å². The van der Waals surface area contributed by atoms with Crippen molar-refractivity contribution in [3.05, 3.63) is 29.6 Å². The highest BCUT2D eigenvalue weighted by molar-refractivity contribution is 7.14. The smallest absolute Gasteiger partial charge is 0.197 e.